The minimum atomic E-state index is -0.410. The van der Waals surface area contributed by atoms with Crippen LogP contribution in [0.5, 0.6) is 0 Å². The molecule has 1 spiro atoms. The summed E-state index contributed by atoms with van der Waals surface area (Å²) in [4.78, 5) is 14.6. The molecule has 4 heteroatoms. The maximum absolute atomic E-state index is 12.6. The van der Waals surface area contributed by atoms with Crippen molar-refractivity contribution in [1.82, 2.24) is 10.2 Å². The highest BCUT2D eigenvalue weighted by atomic mass is 16.6. The summed E-state index contributed by atoms with van der Waals surface area (Å²) in [7, 11) is 0. The summed E-state index contributed by atoms with van der Waals surface area (Å²) in [6.45, 7) is 12.3. The first-order valence-corrected chi connectivity index (χ1v) is 9.50. The number of nitrogens with zero attached hydrogens (tertiary/aromatic N) is 1. The van der Waals surface area contributed by atoms with Crippen LogP contribution in [0.3, 0.4) is 0 Å². The number of amides is 1. The molecule has 134 valence electrons. The van der Waals surface area contributed by atoms with Gasteiger partial charge in [-0.3, -0.25) is 0 Å². The third kappa shape index (κ3) is 4.85. The summed E-state index contributed by atoms with van der Waals surface area (Å²) in [5, 5.41) is 3.76. The van der Waals surface area contributed by atoms with Crippen LogP contribution in [0, 0.1) is 5.92 Å². The number of carbonyl (C=O) groups is 1. The highest BCUT2D eigenvalue weighted by Gasteiger charge is 2.49. The lowest BCUT2D eigenvalue weighted by molar-refractivity contribution is -0.0495. The third-order valence-electron chi connectivity index (χ3n) is 5.33. The number of ether oxygens (including phenoxy) is 1. The molecule has 0 aromatic carbocycles. The average molecular weight is 325 g/mol. The van der Waals surface area contributed by atoms with Crippen molar-refractivity contribution in [2.45, 2.75) is 96.7 Å². The number of carbonyl (C=O) groups excluding carboxylic acids is 1. The van der Waals surface area contributed by atoms with Crippen LogP contribution in [0.25, 0.3) is 0 Å². The van der Waals surface area contributed by atoms with Crippen LogP contribution in [0.4, 0.5) is 4.79 Å². The molecule has 1 amide bonds. The van der Waals surface area contributed by atoms with Gasteiger partial charge in [-0.25, -0.2) is 4.79 Å². The fourth-order valence-electron chi connectivity index (χ4n) is 3.99. The molecule has 4 nitrogen and oxygen atoms in total. The lowest BCUT2D eigenvalue weighted by Gasteiger charge is -2.55. The molecule has 1 heterocycles. The predicted molar refractivity (Wildman–Crippen MR) is 94.6 cm³/mol. The molecule has 1 aliphatic carbocycles. The van der Waals surface area contributed by atoms with Gasteiger partial charge in [0.25, 0.3) is 0 Å². The van der Waals surface area contributed by atoms with Crippen LogP contribution < -0.4 is 5.32 Å². The summed E-state index contributed by atoms with van der Waals surface area (Å²) in [5.74, 6) is 0.737. The zero-order valence-electron chi connectivity index (χ0n) is 15.8. The quantitative estimate of drug-likeness (QED) is 0.818. The zero-order valence-corrected chi connectivity index (χ0v) is 15.8. The third-order valence-corrected chi connectivity index (χ3v) is 5.33. The topological polar surface area (TPSA) is 41.6 Å². The first kappa shape index (κ1) is 18.6. The molecule has 1 saturated heterocycles. The Labute approximate surface area is 142 Å². The van der Waals surface area contributed by atoms with Gasteiger partial charge in [0, 0.05) is 18.1 Å². The number of rotatable bonds is 5. The molecule has 0 radical (unpaired) electrons. The Morgan fingerprint density at radius 2 is 2.09 bits per heavy atom. The molecule has 0 bridgehead atoms. The van der Waals surface area contributed by atoms with Crippen molar-refractivity contribution < 1.29 is 9.53 Å². The Morgan fingerprint density at radius 1 is 1.39 bits per heavy atom. The van der Waals surface area contributed by atoms with E-state index in [9.17, 15) is 4.79 Å². The van der Waals surface area contributed by atoms with Crippen LogP contribution in [0.1, 0.15) is 79.6 Å². The maximum Gasteiger partial charge on any atom is 0.410 e. The summed E-state index contributed by atoms with van der Waals surface area (Å²) >= 11 is 0. The highest BCUT2D eigenvalue weighted by Crippen LogP contribution is 2.45. The van der Waals surface area contributed by atoms with E-state index in [0.717, 1.165) is 44.7 Å². The molecule has 2 rings (SSSR count). The van der Waals surface area contributed by atoms with E-state index >= 15 is 0 Å². The van der Waals surface area contributed by atoms with Crippen molar-refractivity contribution in [3.05, 3.63) is 0 Å². The molecule has 2 aliphatic rings. The molecule has 2 fully saturated rings. The lowest BCUT2D eigenvalue weighted by atomic mass is 9.69. The van der Waals surface area contributed by atoms with Crippen LogP contribution in [0.2, 0.25) is 0 Å². The van der Waals surface area contributed by atoms with Gasteiger partial charge in [0.05, 0.1) is 0 Å². The van der Waals surface area contributed by atoms with Crippen LogP contribution in [0.15, 0.2) is 0 Å². The second-order valence-electron chi connectivity index (χ2n) is 8.70. The van der Waals surface area contributed by atoms with Gasteiger partial charge >= 0.3 is 6.09 Å². The van der Waals surface area contributed by atoms with E-state index in [2.05, 4.69) is 19.2 Å². The smallest absolute Gasteiger partial charge is 0.410 e. The molecule has 0 aromatic heterocycles. The first-order valence-electron chi connectivity index (χ1n) is 9.50. The molecule has 0 aromatic rings. The molecule has 2 unspecified atom stereocenters. The Balaban J connectivity index is 1.90. The van der Waals surface area contributed by atoms with Crippen molar-refractivity contribution in [3.8, 4) is 0 Å². The van der Waals surface area contributed by atoms with Gasteiger partial charge in [-0.05, 0) is 71.8 Å². The molecule has 23 heavy (non-hydrogen) atoms. The van der Waals surface area contributed by atoms with Gasteiger partial charge in [-0.2, -0.15) is 0 Å². The molecular formula is C19H36N2O2. The minimum absolute atomic E-state index is 0.0618. The maximum atomic E-state index is 12.6. The summed E-state index contributed by atoms with van der Waals surface area (Å²) in [6, 6.07) is 0.549. The van der Waals surface area contributed by atoms with E-state index in [-0.39, 0.29) is 11.6 Å². The van der Waals surface area contributed by atoms with E-state index < -0.39 is 5.60 Å². The van der Waals surface area contributed by atoms with Gasteiger partial charge in [-0.15, -0.1) is 0 Å². The number of nitrogens with one attached hydrogen (secondary N) is 1. The Bertz CT molecular complexity index is 399. The molecule has 1 N–H and O–H groups in total. The van der Waals surface area contributed by atoms with Crippen molar-refractivity contribution in [2.75, 3.05) is 13.1 Å². The van der Waals surface area contributed by atoms with Gasteiger partial charge in [-0.1, -0.05) is 20.3 Å². The predicted octanol–water partition coefficient (Wildman–Crippen LogP) is 4.33. The second-order valence-corrected chi connectivity index (χ2v) is 8.70. The van der Waals surface area contributed by atoms with Gasteiger partial charge in [0.1, 0.15) is 5.60 Å². The summed E-state index contributed by atoms with van der Waals surface area (Å²) < 4.78 is 5.64. The molecule has 1 aliphatic heterocycles. The van der Waals surface area contributed by atoms with E-state index in [4.69, 9.17) is 4.74 Å². The lowest BCUT2D eigenvalue weighted by Crippen LogP contribution is -2.63. The number of piperidine rings is 1. The van der Waals surface area contributed by atoms with Crippen LogP contribution >= 0.6 is 0 Å². The largest absolute Gasteiger partial charge is 0.444 e. The zero-order chi connectivity index (χ0) is 17.1. The van der Waals surface area contributed by atoms with Crippen molar-refractivity contribution in [1.29, 1.82) is 0 Å². The minimum Gasteiger partial charge on any atom is -0.444 e. The number of hydrogen-bond acceptors (Lipinski definition) is 3. The van der Waals surface area contributed by atoms with Gasteiger partial charge in [0.15, 0.2) is 0 Å². The summed E-state index contributed by atoms with van der Waals surface area (Å²) in [5.41, 5.74) is -0.348. The van der Waals surface area contributed by atoms with Crippen molar-refractivity contribution in [2.24, 2.45) is 5.92 Å². The van der Waals surface area contributed by atoms with E-state index in [1.54, 1.807) is 0 Å². The van der Waals surface area contributed by atoms with E-state index in [1.807, 2.05) is 25.7 Å². The fourth-order valence-corrected chi connectivity index (χ4v) is 3.99. The first-order chi connectivity index (χ1) is 10.8. The van der Waals surface area contributed by atoms with Crippen LogP contribution in [-0.4, -0.2) is 41.3 Å². The Kier molecular flexibility index (Phi) is 5.99. The van der Waals surface area contributed by atoms with E-state index in [1.165, 1.54) is 19.3 Å². The van der Waals surface area contributed by atoms with E-state index in [0.29, 0.717) is 6.04 Å². The standard InChI is InChI=1S/C19H36N2O2/c1-6-8-15(2)14-20-16-9-12-21(17(22)23-18(3,4)5)19(13-16)10-7-11-19/h15-16,20H,6-14H2,1-5H3. The van der Waals surface area contributed by atoms with Gasteiger partial charge < -0.3 is 15.0 Å². The molecular weight excluding hydrogens is 288 g/mol. The molecule has 2 atom stereocenters. The summed E-state index contributed by atoms with van der Waals surface area (Å²) in [6.07, 6.45) is 8.06. The second kappa shape index (κ2) is 7.42. The van der Waals surface area contributed by atoms with Crippen LogP contribution in [-0.2, 0) is 4.74 Å². The van der Waals surface area contributed by atoms with Gasteiger partial charge in [0.2, 0.25) is 0 Å². The fraction of sp³-hybridized carbons (Fsp3) is 0.947. The van der Waals surface area contributed by atoms with Crippen molar-refractivity contribution >= 4 is 6.09 Å². The number of hydrogen-bond donors (Lipinski definition) is 1. The SMILES string of the molecule is CCCC(C)CNC1CCN(C(=O)OC(C)(C)C)C2(CCC2)C1. The monoisotopic (exact) mass is 324 g/mol. The Hall–Kier alpha value is -0.770. The highest BCUT2D eigenvalue weighted by molar-refractivity contribution is 5.69. The Morgan fingerprint density at radius 3 is 2.61 bits per heavy atom. The normalized spacial score (nSPS) is 25.1. The van der Waals surface area contributed by atoms with Crippen molar-refractivity contribution in [3.63, 3.8) is 0 Å². The molecule has 1 saturated carbocycles. The number of likely N-dealkylation sites (tertiary alicyclic amines) is 1. The average Bonchev–Trinajstić information content (AvgIpc) is 2.41.